The number of anilines is 2. The maximum Gasteiger partial charge on any atom is 0.222 e. The summed E-state index contributed by atoms with van der Waals surface area (Å²) in [6.07, 6.45) is 4.50. The highest BCUT2D eigenvalue weighted by atomic mass is 35.5. The Bertz CT molecular complexity index is 631. The molecule has 7 heteroatoms. The Morgan fingerprint density at radius 3 is 2.86 bits per heavy atom. The number of hydrogen-bond acceptors (Lipinski definition) is 6. The highest BCUT2D eigenvalue weighted by Crippen LogP contribution is 2.27. The number of nitrogens with one attached hydrogen (secondary N) is 1. The summed E-state index contributed by atoms with van der Waals surface area (Å²) in [5.41, 5.74) is 5.90. The van der Waals surface area contributed by atoms with E-state index in [9.17, 15) is 5.11 Å². The zero-order chi connectivity index (χ0) is 15.5. The first kappa shape index (κ1) is 15.7. The zero-order valence-corrected chi connectivity index (χ0v) is 13.0. The van der Waals surface area contributed by atoms with Crippen molar-refractivity contribution < 1.29 is 5.11 Å². The van der Waals surface area contributed by atoms with Crippen LogP contribution in [0.15, 0.2) is 12.3 Å². The van der Waals surface area contributed by atoms with Crippen molar-refractivity contribution in [3.63, 3.8) is 0 Å². The molecule has 2 aromatic rings. The van der Waals surface area contributed by atoms with E-state index in [-0.39, 0.29) is 12.6 Å². The third-order valence-corrected chi connectivity index (χ3v) is 3.62. The van der Waals surface area contributed by atoms with Gasteiger partial charge in [0.1, 0.15) is 11.0 Å². The van der Waals surface area contributed by atoms with Gasteiger partial charge in [-0.05, 0) is 13.3 Å². The van der Waals surface area contributed by atoms with Crippen molar-refractivity contribution in [2.75, 3.05) is 17.7 Å². The molecule has 0 radical (unpaired) electrons. The van der Waals surface area contributed by atoms with Gasteiger partial charge < -0.3 is 16.2 Å². The molecule has 0 amide bonds. The Morgan fingerprint density at radius 1 is 1.43 bits per heavy atom. The Balaban J connectivity index is 2.41. The van der Waals surface area contributed by atoms with Crippen LogP contribution in [-0.4, -0.2) is 32.2 Å². The summed E-state index contributed by atoms with van der Waals surface area (Å²) in [4.78, 5) is 12.4. The number of halogens is 1. The first-order chi connectivity index (χ1) is 9.97. The predicted molar refractivity (Wildman–Crippen MR) is 85.4 cm³/mol. The van der Waals surface area contributed by atoms with Crippen LogP contribution in [0.25, 0.3) is 10.9 Å². The molecule has 114 valence electrons. The molecule has 0 aliphatic heterocycles. The molecule has 0 aliphatic rings. The van der Waals surface area contributed by atoms with E-state index in [0.29, 0.717) is 16.5 Å². The molecular weight excluding hydrogens is 290 g/mol. The third-order valence-electron chi connectivity index (χ3n) is 3.42. The second-order valence-electron chi connectivity index (χ2n) is 5.40. The lowest BCUT2D eigenvalue weighted by atomic mass is 9.96. The minimum absolute atomic E-state index is 0.000576. The Morgan fingerprint density at radius 2 is 2.19 bits per heavy atom. The van der Waals surface area contributed by atoms with Gasteiger partial charge in [-0.1, -0.05) is 31.4 Å². The fraction of sp³-hybridized carbons (Fsp3) is 0.500. The second-order valence-corrected chi connectivity index (χ2v) is 5.79. The van der Waals surface area contributed by atoms with Crippen LogP contribution in [-0.2, 0) is 0 Å². The van der Waals surface area contributed by atoms with Gasteiger partial charge in [0.25, 0.3) is 0 Å². The van der Waals surface area contributed by atoms with E-state index in [0.717, 1.165) is 24.6 Å². The molecular formula is C14H20ClN5O. The number of rotatable bonds is 6. The molecule has 1 atom stereocenters. The molecule has 0 fully saturated rings. The molecule has 0 aliphatic carbocycles. The molecule has 0 saturated carbocycles. The summed E-state index contributed by atoms with van der Waals surface area (Å²) in [5.74, 6) is 0.720. The van der Waals surface area contributed by atoms with Crippen LogP contribution in [0, 0.1) is 0 Å². The molecule has 6 nitrogen and oxygen atoms in total. The van der Waals surface area contributed by atoms with Gasteiger partial charge in [-0.3, -0.25) is 0 Å². The number of fused-ring (bicyclic) bond motifs is 1. The molecule has 2 heterocycles. The van der Waals surface area contributed by atoms with E-state index in [4.69, 9.17) is 17.3 Å². The van der Waals surface area contributed by atoms with E-state index < -0.39 is 5.54 Å². The number of nitrogens with two attached hydrogens (primary N) is 1. The van der Waals surface area contributed by atoms with Crippen LogP contribution in [0.4, 0.5) is 11.8 Å². The summed E-state index contributed by atoms with van der Waals surface area (Å²) >= 11 is 5.88. The van der Waals surface area contributed by atoms with Gasteiger partial charge in [0.2, 0.25) is 5.95 Å². The van der Waals surface area contributed by atoms with E-state index in [2.05, 4.69) is 27.2 Å². The van der Waals surface area contributed by atoms with Crippen molar-refractivity contribution in [1.82, 2.24) is 15.0 Å². The highest BCUT2D eigenvalue weighted by Gasteiger charge is 2.24. The fourth-order valence-corrected chi connectivity index (χ4v) is 2.30. The predicted octanol–water partition coefficient (Wildman–Crippen LogP) is 2.61. The fourth-order valence-electron chi connectivity index (χ4n) is 2.15. The maximum absolute atomic E-state index is 9.68. The number of unbranched alkanes of at least 4 members (excludes halogenated alkanes) is 1. The zero-order valence-electron chi connectivity index (χ0n) is 12.2. The van der Waals surface area contributed by atoms with Gasteiger partial charge in [-0.25, -0.2) is 9.97 Å². The van der Waals surface area contributed by atoms with Crippen LogP contribution in [0.3, 0.4) is 0 Å². The summed E-state index contributed by atoms with van der Waals surface area (Å²) in [5, 5.41) is 14.0. The number of nitrogens with zero attached hydrogens (tertiary/aromatic N) is 3. The maximum atomic E-state index is 9.68. The highest BCUT2D eigenvalue weighted by molar-refractivity contribution is 6.30. The van der Waals surface area contributed by atoms with Gasteiger partial charge in [0, 0.05) is 12.3 Å². The summed E-state index contributed by atoms with van der Waals surface area (Å²) in [6.45, 7) is 4.07. The molecule has 0 unspecified atom stereocenters. The number of nitrogen functional groups attached to an aromatic ring is 1. The van der Waals surface area contributed by atoms with Crippen molar-refractivity contribution >= 4 is 34.3 Å². The molecule has 2 rings (SSSR count). The Hall–Kier alpha value is -1.66. The lowest BCUT2D eigenvalue weighted by Crippen LogP contribution is -2.39. The van der Waals surface area contributed by atoms with Crippen LogP contribution in [0.5, 0.6) is 0 Å². The first-order valence-corrected chi connectivity index (χ1v) is 7.33. The number of aromatic nitrogens is 3. The quantitative estimate of drug-likeness (QED) is 0.710. The summed E-state index contributed by atoms with van der Waals surface area (Å²) in [7, 11) is 0. The number of aliphatic hydroxyl groups is 1. The minimum Gasteiger partial charge on any atom is -0.394 e. The van der Waals surface area contributed by atoms with Crippen molar-refractivity contribution in [1.29, 1.82) is 0 Å². The van der Waals surface area contributed by atoms with Gasteiger partial charge in [-0.2, -0.15) is 4.98 Å². The largest absolute Gasteiger partial charge is 0.394 e. The standard InChI is InChI=1S/C14H20ClN5O/c1-3-4-5-14(2,8-21)20-12-9-7-17-11(15)6-10(9)18-13(16)19-12/h6-7,21H,3-5,8H2,1-2H3,(H3,16,18,19,20)/t14-/m1/s1. The molecule has 2 aromatic heterocycles. The van der Waals surface area contributed by atoms with Crippen molar-refractivity contribution in [3.05, 3.63) is 17.4 Å². The van der Waals surface area contributed by atoms with Crippen LogP contribution in [0.1, 0.15) is 33.1 Å². The minimum atomic E-state index is -0.469. The normalized spacial score (nSPS) is 14.1. The molecule has 0 saturated heterocycles. The summed E-state index contributed by atoms with van der Waals surface area (Å²) < 4.78 is 0. The van der Waals surface area contributed by atoms with Crippen molar-refractivity contribution in [3.8, 4) is 0 Å². The van der Waals surface area contributed by atoms with Crippen LogP contribution < -0.4 is 11.1 Å². The van der Waals surface area contributed by atoms with Gasteiger partial charge in [-0.15, -0.1) is 0 Å². The molecule has 21 heavy (non-hydrogen) atoms. The van der Waals surface area contributed by atoms with Crippen molar-refractivity contribution in [2.45, 2.75) is 38.6 Å². The Labute approximate surface area is 128 Å². The SMILES string of the molecule is CCCC[C@](C)(CO)Nc1nc(N)nc2cc(Cl)ncc12. The topological polar surface area (TPSA) is 97.0 Å². The number of pyridine rings is 1. The third kappa shape index (κ3) is 3.71. The van der Waals surface area contributed by atoms with E-state index in [1.165, 1.54) is 0 Å². The van der Waals surface area contributed by atoms with Gasteiger partial charge in [0.05, 0.1) is 23.0 Å². The lowest BCUT2D eigenvalue weighted by Gasteiger charge is -2.29. The number of aliphatic hydroxyl groups excluding tert-OH is 1. The summed E-state index contributed by atoms with van der Waals surface area (Å²) in [6, 6.07) is 1.64. The second kappa shape index (κ2) is 6.41. The average molecular weight is 310 g/mol. The van der Waals surface area contributed by atoms with Gasteiger partial charge >= 0.3 is 0 Å². The molecule has 0 spiro atoms. The molecule has 0 aromatic carbocycles. The average Bonchev–Trinajstić information content (AvgIpc) is 2.44. The molecule has 0 bridgehead atoms. The smallest absolute Gasteiger partial charge is 0.222 e. The number of hydrogen-bond donors (Lipinski definition) is 3. The molecule has 4 N–H and O–H groups in total. The van der Waals surface area contributed by atoms with Crippen LogP contribution in [0.2, 0.25) is 5.15 Å². The first-order valence-electron chi connectivity index (χ1n) is 6.95. The van der Waals surface area contributed by atoms with Gasteiger partial charge in [0.15, 0.2) is 0 Å². The lowest BCUT2D eigenvalue weighted by molar-refractivity contribution is 0.212. The Kier molecular flexibility index (Phi) is 4.80. The van der Waals surface area contributed by atoms with Crippen LogP contribution >= 0.6 is 11.6 Å². The van der Waals surface area contributed by atoms with E-state index in [1.54, 1.807) is 12.3 Å². The van der Waals surface area contributed by atoms with E-state index >= 15 is 0 Å². The van der Waals surface area contributed by atoms with Crippen molar-refractivity contribution in [2.24, 2.45) is 0 Å². The monoisotopic (exact) mass is 309 g/mol. The van der Waals surface area contributed by atoms with E-state index in [1.807, 2.05) is 6.92 Å².